The average molecular weight is 316 g/mol. The van der Waals surface area contributed by atoms with Gasteiger partial charge in [-0.2, -0.15) is 4.37 Å². The lowest BCUT2D eigenvalue weighted by Gasteiger charge is -2.30. The number of rotatable bonds is 5. The molecule has 2 aromatic rings. The summed E-state index contributed by atoms with van der Waals surface area (Å²) in [6, 6.07) is 8.70. The van der Waals surface area contributed by atoms with Gasteiger partial charge in [0.1, 0.15) is 5.82 Å². The van der Waals surface area contributed by atoms with Gasteiger partial charge in [0.15, 0.2) is 0 Å². The molecule has 1 fully saturated rings. The van der Waals surface area contributed by atoms with Crippen LogP contribution >= 0.6 is 11.5 Å². The summed E-state index contributed by atoms with van der Waals surface area (Å²) in [5, 5.41) is 4.35. The quantitative estimate of drug-likeness (QED) is 0.894. The summed E-state index contributed by atoms with van der Waals surface area (Å²) in [5.41, 5.74) is 2.70. The molecule has 0 aliphatic carbocycles. The van der Waals surface area contributed by atoms with Crippen molar-refractivity contribution in [3.63, 3.8) is 0 Å². The average Bonchev–Trinajstić information content (AvgIpc) is 3.03. The van der Waals surface area contributed by atoms with Crippen LogP contribution in [0.15, 0.2) is 24.3 Å². The number of nitrogens with zero attached hydrogens (tertiary/aromatic N) is 3. The predicted molar refractivity (Wildman–Crippen MR) is 93.8 cm³/mol. The fourth-order valence-corrected chi connectivity index (χ4v) is 3.52. The summed E-state index contributed by atoms with van der Waals surface area (Å²) in [5.74, 6) is 1.31. The van der Waals surface area contributed by atoms with Crippen molar-refractivity contribution in [2.24, 2.45) is 0 Å². The number of anilines is 2. The van der Waals surface area contributed by atoms with E-state index in [4.69, 9.17) is 0 Å². The number of benzene rings is 1. The van der Waals surface area contributed by atoms with Gasteiger partial charge in [0, 0.05) is 42.8 Å². The van der Waals surface area contributed by atoms with Gasteiger partial charge < -0.3 is 10.2 Å². The fourth-order valence-electron chi connectivity index (χ4n) is 2.82. The van der Waals surface area contributed by atoms with Crippen LogP contribution in [-0.2, 0) is 6.54 Å². The first-order valence-corrected chi connectivity index (χ1v) is 8.91. The van der Waals surface area contributed by atoms with E-state index in [1.165, 1.54) is 55.1 Å². The second-order valence-electron chi connectivity index (χ2n) is 6.14. The van der Waals surface area contributed by atoms with Gasteiger partial charge in [-0.25, -0.2) is 4.98 Å². The molecule has 0 atom stereocenters. The molecular formula is C17H24N4S. The highest BCUT2D eigenvalue weighted by Gasteiger charge is 2.14. The molecule has 1 aliphatic rings. The van der Waals surface area contributed by atoms with Crippen molar-refractivity contribution in [1.82, 2.24) is 9.36 Å². The van der Waals surface area contributed by atoms with E-state index < -0.39 is 0 Å². The van der Waals surface area contributed by atoms with E-state index in [9.17, 15) is 0 Å². The number of nitrogens with one attached hydrogen (secondary N) is 1. The first-order chi connectivity index (χ1) is 10.7. The third-order valence-corrected chi connectivity index (χ3v) is 4.76. The minimum Gasteiger partial charge on any atom is -0.371 e. The van der Waals surface area contributed by atoms with E-state index >= 15 is 0 Å². The topological polar surface area (TPSA) is 41.1 Å². The highest BCUT2D eigenvalue weighted by Crippen LogP contribution is 2.25. The Morgan fingerprint density at radius 1 is 1.18 bits per heavy atom. The first-order valence-electron chi connectivity index (χ1n) is 8.14. The Bertz CT molecular complexity index is 602. The van der Waals surface area contributed by atoms with E-state index in [1.807, 2.05) is 0 Å². The first kappa shape index (κ1) is 15.3. The van der Waals surface area contributed by atoms with Gasteiger partial charge >= 0.3 is 0 Å². The molecule has 2 heterocycles. The number of piperidine rings is 1. The third-order valence-electron chi connectivity index (χ3n) is 4.08. The number of para-hydroxylation sites is 1. The van der Waals surface area contributed by atoms with Crippen LogP contribution in [0.3, 0.4) is 0 Å². The van der Waals surface area contributed by atoms with Gasteiger partial charge in [0.25, 0.3) is 0 Å². The van der Waals surface area contributed by atoms with Crippen molar-refractivity contribution in [3.8, 4) is 0 Å². The van der Waals surface area contributed by atoms with Gasteiger partial charge in [-0.1, -0.05) is 32.0 Å². The van der Waals surface area contributed by atoms with Crippen molar-refractivity contribution in [2.45, 2.75) is 45.6 Å². The summed E-state index contributed by atoms with van der Waals surface area (Å²) in [4.78, 5) is 7.06. The van der Waals surface area contributed by atoms with E-state index in [0.29, 0.717) is 5.92 Å². The van der Waals surface area contributed by atoms with E-state index in [2.05, 4.69) is 57.7 Å². The lowest BCUT2D eigenvalue weighted by Crippen LogP contribution is -2.30. The third kappa shape index (κ3) is 3.58. The van der Waals surface area contributed by atoms with Gasteiger partial charge in [0.2, 0.25) is 5.13 Å². The Balaban J connectivity index is 1.69. The van der Waals surface area contributed by atoms with Crippen molar-refractivity contribution >= 4 is 22.4 Å². The predicted octanol–water partition coefficient (Wildman–Crippen LogP) is 4.26. The Morgan fingerprint density at radius 3 is 2.68 bits per heavy atom. The van der Waals surface area contributed by atoms with E-state index in [-0.39, 0.29) is 0 Å². The van der Waals surface area contributed by atoms with Crippen LogP contribution in [0.25, 0.3) is 0 Å². The molecule has 22 heavy (non-hydrogen) atoms. The maximum Gasteiger partial charge on any atom is 0.202 e. The van der Waals surface area contributed by atoms with E-state index in [1.54, 1.807) is 0 Å². The second-order valence-corrected chi connectivity index (χ2v) is 6.89. The van der Waals surface area contributed by atoms with Crippen molar-refractivity contribution < 1.29 is 0 Å². The van der Waals surface area contributed by atoms with Gasteiger partial charge in [-0.05, 0) is 30.9 Å². The molecule has 0 spiro atoms. The van der Waals surface area contributed by atoms with E-state index in [0.717, 1.165) is 17.5 Å². The second kappa shape index (κ2) is 7.09. The number of hydrogen-bond acceptors (Lipinski definition) is 5. The molecule has 1 aromatic carbocycles. The summed E-state index contributed by atoms with van der Waals surface area (Å²) in [6.07, 6.45) is 3.96. The monoisotopic (exact) mass is 316 g/mol. The van der Waals surface area contributed by atoms with Crippen LogP contribution in [0, 0.1) is 0 Å². The molecule has 0 unspecified atom stereocenters. The van der Waals surface area contributed by atoms with Crippen molar-refractivity contribution in [1.29, 1.82) is 0 Å². The maximum absolute atomic E-state index is 4.55. The van der Waals surface area contributed by atoms with Crippen molar-refractivity contribution in [2.75, 3.05) is 23.3 Å². The Morgan fingerprint density at radius 2 is 1.95 bits per heavy atom. The van der Waals surface area contributed by atoms with Gasteiger partial charge in [-0.3, -0.25) is 0 Å². The normalized spacial score (nSPS) is 15.3. The Labute approximate surface area is 136 Å². The van der Waals surface area contributed by atoms with Crippen LogP contribution < -0.4 is 10.2 Å². The standard InChI is InChI=1S/C17H24N4S/c1-13(2)16-19-17(22-20-16)18-12-14-8-4-5-9-15(14)21-10-6-3-7-11-21/h4-5,8-9,13H,3,6-7,10-12H2,1-2H3,(H,18,19,20). The largest absolute Gasteiger partial charge is 0.371 e. The zero-order valence-electron chi connectivity index (χ0n) is 13.4. The molecule has 0 amide bonds. The van der Waals surface area contributed by atoms with Crippen LogP contribution in [-0.4, -0.2) is 22.4 Å². The number of aromatic nitrogens is 2. The van der Waals surface area contributed by atoms with Crippen LogP contribution in [0.5, 0.6) is 0 Å². The molecule has 5 heteroatoms. The molecule has 0 bridgehead atoms. The van der Waals surface area contributed by atoms with Crippen LogP contribution in [0.4, 0.5) is 10.8 Å². The lowest BCUT2D eigenvalue weighted by molar-refractivity contribution is 0.576. The molecule has 118 valence electrons. The molecule has 1 N–H and O–H groups in total. The molecule has 1 aliphatic heterocycles. The number of hydrogen-bond donors (Lipinski definition) is 1. The zero-order valence-corrected chi connectivity index (χ0v) is 14.2. The SMILES string of the molecule is CC(C)c1nsc(NCc2ccccc2N2CCCCC2)n1. The smallest absolute Gasteiger partial charge is 0.202 e. The van der Waals surface area contributed by atoms with Gasteiger partial charge in [-0.15, -0.1) is 0 Å². The molecule has 1 saturated heterocycles. The lowest BCUT2D eigenvalue weighted by atomic mass is 10.1. The summed E-state index contributed by atoms with van der Waals surface area (Å²) in [6.45, 7) is 7.40. The van der Waals surface area contributed by atoms with Gasteiger partial charge in [0.05, 0.1) is 0 Å². The van der Waals surface area contributed by atoms with Crippen LogP contribution in [0.2, 0.25) is 0 Å². The molecule has 0 saturated carbocycles. The maximum atomic E-state index is 4.55. The molecule has 3 rings (SSSR count). The Hall–Kier alpha value is -1.62. The minimum atomic E-state index is 0.382. The summed E-state index contributed by atoms with van der Waals surface area (Å²) in [7, 11) is 0. The fraction of sp³-hybridized carbons (Fsp3) is 0.529. The molecule has 0 radical (unpaired) electrons. The van der Waals surface area contributed by atoms with Crippen molar-refractivity contribution in [3.05, 3.63) is 35.7 Å². The molecule has 1 aromatic heterocycles. The summed E-state index contributed by atoms with van der Waals surface area (Å²) < 4.78 is 4.40. The molecular weight excluding hydrogens is 292 g/mol. The zero-order chi connectivity index (χ0) is 15.4. The minimum absolute atomic E-state index is 0.382. The summed E-state index contributed by atoms with van der Waals surface area (Å²) >= 11 is 1.45. The highest BCUT2D eigenvalue weighted by molar-refractivity contribution is 7.09. The Kier molecular flexibility index (Phi) is 4.93. The van der Waals surface area contributed by atoms with Crippen LogP contribution in [0.1, 0.15) is 50.4 Å². The molecule has 4 nitrogen and oxygen atoms in total. The highest BCUT2D eigenvalue weighted by atomic mass is 32.1.